The summed E-state index contributed by atoms with van der Waals surface area (Å²) in [5, 5.41) is 9.96. The fourth-order valence-electron chi connectivity index (χ4n) is 4.36. The Kier molecular flexibility index (Phi) is 7.92. The molecule has 5 nitrogen and oxygen atoms in total. The van der Waals surface area contributed by atoms with Gasteiger partial charge in [-0.3, -0.25) is 9.69 Å². The monoisotopic (exact) mass is 470 g/mol. The lowest BCUT2D eigenvalue weighted by Crippen LogP contribution is -2.59. The molecule has 1 saturated heterocycles. The topological polar surface area (TPSA) is 60.9 Å². The van der Waals surface area contributed by atoms with Crippen molar-refractivity contribution in [3.8, 4) is 11.8 Å². The van der Waals surface area contributed by atoms with E-state index in [4.69, 9.17) is 0 Å². The Labute approximate surface area is 204 Å². The van der Waals surface area contributed by atoms with Crippen LogP contribution < -0.4 is 0 Å². The number of benzene rings is 3. The van der Waals surface area contributed by atoms with Crippen LogP contribution in [-0.2, 0) is 9.59 Å². The summed E-state index contributed by atoms with van der Waals surface area (Å²) in [5.74, 6) is 3.98. The average Bonchev–Trinajstić information content (AvgIpc) is 2.89. The zero-order valence-electron chi connectivity index (χ0n) is 19.3. The molecule has 1 unspecified atom stereocenters. The molecule has 1 heterocycles. The van der Waals surface area contributed by atoms with Gasteiger partial charge in [-0.05, 0) is 35.4 Å². The quantitative estimate of drug-likeness (QED) is 0.554. The van der Waals surface area contributed by atoms with Gasteiger partial charge in [0, 0.05) is 38.2 Å². The number of amides is 1. The van der Waals surface area contributed by atoms with E-state index in [0.717, 1.165) is 16.7 Å². The maximum absolute atomic E-state index is 13.8. The fourth-order valence-corrected chi connectivity index (χ4v) is 4.36. The first-order valence-corrected chi connectivity index (χ1v) is 11.6. The van der Waals surface area contributed by atoms with Gasteiger partial charge in [-0.15, -0.1) is 0 Å². The smallest absolute Gasteiger partial charge is 0.327 e. The van der Waals surface area contributed by atoms with E-state index in [0.29, 0.717) is 26.1 Å². The number of halogens is 1. The summed E-state index contributed by atoms with van der Waals surface area (Å²) in [4.78, 5) is 29.5. The number of rotatable bonds is 6. The summed E-state index contributed by atoms with van der Waals surface area (Å²) in [6, 6.07) is 24.0. The second-order valence-corrected chi connectivity index (χ2v) is 8.50. The Morgan fingerprint density at radius 2 is 1.51 bits per heavy atom. The summed E-state index contributed by atoms with van der Waals surface area (Å²) < 4.78 is 13.0. The number of hydrogen-bond acceptors (Lipinski definition) is 3. The zero-order chi connectivity index (χ0) is 24.6. The standard InChI is InChI=1S/C29H27FN2O3/c30-25-16-14-22(15-17-25)9-7-8-18-31-19-20-32(26(21-31)29(34)35)28(33)27(23-10-3-1-4-11-23)24-12-5-2-6-13-24/h1-6,10-17,26-27H,8,18-21H2,(H,34,35). The fraction of sp³-hybridized carbons (Fsp3) is 0.241. The average molecular weight is 471 g/mol. The molecule has 1 atom stereocenters. The molecule has 0 aromatic heterocycles. The van der Waals surface area contributed by atoms with Crippen molar-refractivity contribution in [2.75, 3.05) is 26.2 Å². The van der Waals surface area contributed by atoms with Gasteiger partial charge < -0.3 is 10.0 Å². The number of carbonyl (C=O) groups excluding carboxylic acids is 1. The van der Waals surface area contributed by atoms with E-state index in [9.17, 15) is 19.1 Å². The highest BCUT2D eigenvalue weighted by molar-refractivity contribution is 5.91. The summed E-state index contributed by atoms with van der Waals surface area (Å²) in [6.45, 7) is 1.75. The first-order valence-electron chi connectivity index (χ1n) is 11.6. The number of carboxylic acids is 1. The highest BCUT2D eigenvalue weighted by Crippen LogP contribution is 2.28. The Morgan fingerprint density at radius 1 is 0.914 bits per heavy atom. The van der Waals surface area contributed by atoms with E-state index in [2.05, 4.69) is 11.8 Å². The summed E-state index contributed by atoms with van der Waals surface area (Å²) in [7, 11) is 0. The van der Waals surface area contributed by atoms with Crippen LogP contribution in [0.4, 0.5) is 4.39 Å². The SMILES string of the molecule is O=C(O)C1CN(CCC#Cc2ccc(F)cc2)CCN1C(=O)C(c1ccccc1)c1ccccc1. The molecule has 4 rings (SSSR count). The van der Waals surface area contributed by atoms with E-state index in [1.165, 1.54) is 17.0 Å². The normalized spacial score (nSPS) is 15.9. The van der Waals surface area contributed by atoms with Crippen LogP contribution >= 0.6 is 0 Å². The first-order chi connectivity index (χ1) is 17.0. The van der Waals surface area contributed by atoms with Crippen molar-refractivity contribution in [3.63, 3.8) is 0 Å². The maximum Gasteiger partial charge on any atom is 0.327 e. The minimum absolute atomic E-state index is 0.203. The molecular formula is C29H27FN2O3. The van der Waals surface area contributed by atoms with E-state index >= 15 is 0 Å². The molecule has 6 heteroatoms. The van der Waals surface area contributed by atoms with Crippen molar-refractivity contribution in [1.29, 1.82) is 0 Å². The lowest BCUT2D eigenvalue weighted by atomic mass is 9.89. The van der Waals surface area contributed by atoms with Crippen LogP contribution in [0.25, 0.3) is 0 Å². The van der Waals surface area contributed by atoms with Crippen molar-refractivity contribution in [3.05, 3.63) is 107 Å². The molecule has 0 radical (unpaired) electrons. The van der Waals surface area contributed by atoms with Crippen molar-refractivity contribution >= 4 is 11.9 Å². The van der Waals surface area contributed by atoms with Crippen LogP contribution in [0.3, 0.4) is 0 Å². The minimum Gasteiger partial charge on any atom is -0.480 e. The summed E-state index contributed by atoms with van der Waals surface area (Å²) >= 11 is 0. The molecule has 1 aliphatic rings. The minimum atomic E-state index is -1.01. The van der Waals surface area contributed by atoms with Gasteiger partial charge >= 0.3 is 5.97 Å². The van der Waals surface area contributed by atoms with Crippen LogP contribution in [0.5, 0.6) is 0 Å². The molecule has 1 amide bonds. The van der Waals surface area contributed by atoms with Crippen LogP contribution in [0.1, 0.15) is 29.0 Å². The Hall–Kier alpha value is -3.95. The van der Waals surface area contributed by atoms with Crippen LogP contribution in [0.15, 0.2) is 84.9 Å². The molecule has 3 aromatic carbocycles. The molecule has 178 valence electrons. The summed E-state index contributed by atoms with van der Waals surface area (Å²) in [5.41, 5.74) is 2.41. The van der Waals surface area contributed by atoms with Gasteiger partial charge in [0.25, 0.3) is 0 Å². The largest absolute Gasteiger partial charge is 0.480 e. The first kappa shape index (κ1) is 24.2. The van der Waals surface area contributed by atoms with Crippen molar-refractivity contribution in [2.45, 2.75) is 18.4 Å². The lowest BCUT2D eigenvalue weighted by Gasteiger charge is -2.40. The third-order valence-electron chi connectivity index (χ3n) is 6.18. The number of nitrogens with zero attached hydrogens (tertiary/aromatic N) is 2. The lowest BCUT2D eigenvalue weighted by molar-refractivity contribution is -0.154. The molecule has 35 heavy (non-hydrogen) atoms. The third-order valence-corrected chi connectivity index (χ3v) is 6.18. The number of carbonyl (C=O) groups is 2. The maximum atomic E-state index is 13.8. The van der Waals surface area contributed by atoms with E-state index in [1.807, 2.05) is 65.6 Å². The van der Waals surface area contributed by atoms with Gasteiger partial charge in [-0.25, -0.2) is 9.18 Å². The summed E-state index contributed by atoms with van der Waals surface area (Å²) in [6.07, 6.45) is 0.550. The van der Waals surface area contributed by atoms with Crippen molar-refractivity contribution in [2.24, 2.45) is 0 Å². The molecule has 1 aliphatic heterocycles. The molecule has 0 spiro atoms. The molecule has 0 bridgehead atoms. The predicted molar refractivity (Wildman–Crippen MR) is 132 cm³/mol. The zero-order valence-corrected chi connectivity index (χ0v) is 19.3. The highest BCUT2D eigenvalue weighted by Gasteiger charge is 2.38. The van der Waals surface area contributed by atoms with Gasteiger partial charge in [-0.2, -0.15) is 0 Å². The van der Waals surface area contributed by atoms with Crippen LogP contribution in [0, 0.1) is 17.7 Å². The van der Waals surface area contributed by atoms with E-state index in [-0.39, 0.29) is 18.3 Å². The predicted octanol–water partition coefficient (Wildman–Crippen LogP) is 4.00. The number of hydrogen-bond donors (Lipinski definition) is 1. The molecule has 1 N–H and O–H groups in total. The van der Waals surface area contributed by atoms with Crippen LogP contribution in [-0.4, -0.2) is 59.0 Å². The molecule has 1 fully saturated rings. The number of piperazine rings is 1. The van der Waals surface area contributed by atoms with Crippen molar-refractivity contribution < 1.29 is 19.1 Å². The highest BCUT2D eigenvalue weighted by atomic mass is 19.1. The van der Waals surface area contributed by atoms with Gasteiger partial charge in [-0.1, -0.05) is 72.5 Å². The van der Waals surface area contributed by atoms with Gasteiger partial charge in [0.05, 0.1) is 5.92 Å². The second-order valence-electron chi connectivity index (χ2n) is 8.50. The molecule has 0 saturated carbocycles. The van der Waals surface area contributed by atoms with Gasteiger partial charge in [0.15, 0.2) is 0 Å². The Bertz CT molecular complexity index is 1160. The Morgan fingerprint density at radius 3 is 2.09 bits per heavy atom. The second kappa shape index (κ2) is 11.5. The van der Waals surface area contributed by atoms with Crippen LogP contribution in [0.2, 0.25) is 0 Å². The van der Waals surface area contributed by atoms with E-state index in [1.54, 1.807) is 12.1 Å². The number of carboxylic acid groups (broad SMARTS) is 1. The van der Waals surface area contributed by atoms with Gasteiger partial charge in [0.2, 0.25) is 5.91 Å². The molecule has 3 aromatic rings. The molecule has 0 aliphatic carbocycles. The van der Waals surface area contributed by atoms with E-state index < -0.39 is 17.9 Å². The molecular weight excluding hydrogens is 443 g/mol. The van der Waals surface area contributed by atoms with Crippen molar-refractivity contribution in [1.82, 2.24) is 9.80 Å². The van der Waals surface area contributed by atoms with Gasteiger partial charge in [0.1, 0.15) is 11.9 Å². The Balaban J connectivity index is 1.46. The number of aliphatic carboxylic acids is 1. The third kappa shape index (κ3) is 6.14.